The summed E-state index contributed by atoms with van der Waals surface area (Å²) >= 11 is 9.14. The van der Waals surface area contributed by atoms with Gasteiger partial charge < -0.3 is 0 Å². The average molecular weight is 375 g/mol. The first kappa shape index (κ1) is 15.5. The Morgan fingerprint density at radius 2 is 1.80 bits per heavy atom. The summed E-state index contributed by atoms with van der Waals surface area (Å²) in [6.45, 7) is 2.08. The van der Waals surface area contributed by atoms with Crippen LogP contribution in [-0.4, -0.2) is 8.42 Å². The molecule has 0 atom stereocenters. The zero-order valence-corrected chi connectivity index (χ0v) is 13.9. The fourth-order valence-electron chi connectivity index (χ4n) is 1.65. The molecule has 6 heteroatoms. The van der Waals surface area contributed by atoms with E-state index >= 15 is 0 Å². The standard InChI is InChI=1S/C14H13BrClNO2S/c1-10-8-13(6-7-14(10)15)20(18,19)17-9-11-2-4-12(16)5-3-11/h2-8,17H,9H2,1H3. The van der Waals surface area contributed by atoms with E-state index in [0.29, 0.717) is 5.02 Å². The highest BCUT2D eigenvalue weighted by atomic mass is 79.9. The molecule has 3 nitrogen and oxygen atoms in total. The maximum absolute atomic E-state index is 12.2. The third kappa shape index (κ3) is 3.82. The maximum atomic E-state index is 12.2. The van der Waals surface area contributed by atoms with Gasteiger partial charge >= 0.3 is 0 Å². The van der Waals surface area contributed by atoms with Gasteiger partial charge in [0.1, 0.15) is 0 Å². The Morgan fingerprint density at radius 1 is 1.15 bits per heavy atom. The Balaban J connectivity index is 2.14. The largest absolute Gasteiger partial charge is 0.240 e. The van der Waals surface area contributed by atoms with Gasteiger partial charge in [-0.15, -0.1) is 0 Å². The van der Waals surface area contributed by atoms with Crippen molar-refractivity contribution in [3.63, 3.8) is 0 Å². The van der Waals surface area contributed by atoms with Gasteiger partial charge in [0.25, 0.3) is 0 Å². The quantitative estimate of drug-likeness (QED) is 0.882. The van der Waals surface area contributed by atoms with Gasteiger partial charge in [0.15, 0.2) is 0 Å². The van der Waals surface area contributed by atoms with Crippen molar-refractivity contribution in [2.24, 2.45) is 0 Å². The van der Waals surface area contributed by atoms with Crippen LogP contribution >= 0.6 is 27.5 Å². The molecule has 20 heavy (non-hydrogen) atoms. The van der Waals surface area contributed by atoms with Gasteiger partial charge in [0.2, 0.25) is 10.0 Å². The first-order chi connectivity index (χ1) is 9.38. The van der Waals surface area contributed by atoms with Crippen molar-refractivity contribution in [3.05, 3.63) is 63.1 Å². The minimum atomic E-state index is -3.51. The Kier molecular flexibility index (Phi) is 4.86. The van der Waals surface area contributed by atoms with Gasteiger partial charge in [-0.1, -0.05) is 39.7 Å². The molecule has 0 radical (unpaired) electrons. The van der Waals surface area contributed by atoms with E-state index in [2.05, 4.69) is 20.7 Å². The topological polar surface area (TPSA) is 46.2 Å². The number of sulfonamides is 1. The predicted octanol–water partition coefficient (Wildman–Crippen LogP) is 3.89. The van der Waals surface area contributed by atoms with E-state index in [1.807, 2.05) is 6.92 Å². The lowest BCUT2D eigenvalue weighted by Gasteiger charge is -2.08. The number of halogens is 2. The van der Waals surface area contributed by atoms with Gasteiger partial charge in [-0.05, 0) is 48.4 Å². The summed E-state index contributed by atoms with van der Waals surface area (Å²) in [5, 5.41) is 0.625. The molecule has 0 saturated heterocycles. The summed E-state index contributed by atoms with van der Waals surface area (Å²) in [6, 6.07) is 12.0. The summed E-state index contributed by atoms with van der Waals surface area (Å²) in [6.07, 6.45) is 0. The predicted molar refractivity (Wildman–Crippen MR) is 84.4 cm³/mol. The van der Waals surface area contributed by atoms with Crippen molar-refractivity contribution in [3.8, 4) is 0 Å². The third-order valence-electron chi connectivity index (χ3n) is 2.82. The molecule has 0 aromatic heterocycles. The molecule has 0 heterocycles. The number of hydrogen-bond acceptors (Lipinski definition) is 2. The lowest BCUT2D eigenvalue weighted by atomic mass is 10.2. The lowest BCUT2D eigenvalue weighted by molar-refractivity contribution is 0.581. The van der Waals surface area contributed by atoms with E-state index in [0.717, 1.165) is 15.6 Å². The Bertz CT molecular complexity index is 714. The number of benzene rings is 2. The van der Waals surface area contributed by atoms with E-state index in [1.165, 1.54) is 0 Å². The van der Waals surface area contributed by atoms with Crippen molar-refractivity contribution < 1.29 is 8.42 Å². The zero-order chi connectivity index (χ0) is 14.8. The van der Waals surface area contributed by atoms with Crippen molar-refractivity contribution in [1.29, 1.82) is 0 Å². The number of nitrogens with one attached hydrogen (secondary N) is 1. The number of aryl methyl sites for hydroxylation is 1. The van der Waals surface area contributed by atoms with Crippen LogP contribution in [-0.2, 0) is 16.6 Å². The van der Waals surface area contributed by atoms with Crippen LogP contribution < -0.4 is 4.72 Å². The number of hydrogen-bond donors (Lipinski definition) is 1. The monoisotopic (exact) mass is 373 g/mol. The molecule has 2 aromatic carbocycles. The molecule has 0 aliphatic heterocycles. The van der Waals surface area contributed by atoms with E-state index in [1.54, 1.807) is 42.5 Å². The van der Waals surface area contributed by atoms with Gasteiger partial charge in [0.05, 0.1) is 4.90 Å². The normalized spacial score (nSPS) is 11.6. The highest BCUT2D eigenvalue weighted by Crippen LogP contribution is 2.20. The van der Waals surface area contributed by atoms with Gasteiger partial charge in [-0.3, -0.25) is 0 Å². The third-order valence-corrected chi connectivity index (χ3v) is 5.36. The minimum absolute atomic E-state index is 0.231. The second kappa shape index (κ2) is 6.26. The molecule has 2 aromatic rings. The summed E-state index contributed by atoms with van der Waals surface area (Å²) in [5.41, 5.74) is 1.73. The second-order valence-electron chi connectivity index (χ2n) is 4.36. The zero-order valence-electron chi connectivity index (χ0n) is 10.7. The first-order valence-electron chi connectivity index (χ1n) is 5.89. The first-order valence-corrected chi connectivity index (χ1v) is 8.54. The van der Waals surface area contributed by atoms with Gasteiger partial charge in [-0.2, -0.15) is 0 Å². The van der Waals surface area contributed by atoms with E-state index in [9.17, 15) is 8.42 Å². The summed E-state index contributed by atoms with van der Waals surface area (Å²) < 4.78 is 27.8. The molecule has 0 saturated carbocycles. The number of rotatable bonds is 4. The molecule has 106 valence electrons. The summed E-state index contributed by atoms with van der Waals surface area (Å²) in [4.78, 5) is 0.257. The molecule has 2 rings (SSSR count). The molecule has 0 amide bonds. The van der Waals surface area contributed by atoms with Crippen LogP contribution in [0.25, 0.3) is 0 Å². The van der Waals surface area contributed by atoms with Crippen molar-refractivity contribution >= 4 is 37.6 Å². The van der Waals surface area contributed by atoms with Crippen LogP contribution in [0.1, 0.15) is 11.1 Å². The molecule has 1 N–H and O–H groups in total. The van der Waals surface area contributed by atoms with E-state index in [4.69, 9.17) is 11.6 Å². The minimum Gasteiger partial charge on any atom is -0.207 e. The summed E-state index contributed by atoms with van der Waals surface area (Å²) in [7, 11) is -3.51. The molecule has 0 unspecified atom stereocenters. The molecular weight excluding hydrogens is 362 g/mol. The lowest BCUT2D eigenvalue weighted by Crippen LogP contribution is -2.23. The molecule has 0 fully saturated rings. The fourth-order valence-corrected chi connectivity index (χ4v) is 3.12. The molecule has 0 aliphatic carbocycles. The molecular formula is C14H13BrClNO2S. The van der Waals surface area contributed by atoms with Crippen LogP contribution in [0.3, 0.4) is 0 Å². The van der Waals surface area contributed by atoms with Gasteiger partial charge in [0, 0.05) is 16.0 Å². The van der Waals surface area contributed by atoms with Crippen LogP contribution in [0.15, 0.2) is 51.8 Å². The van der Waals surface area contributed by atoms with Gasteiger partial charge in [-0.25, -0.2) is 13.1 Å². The highest BCUT2D eigenvalue weighted by Gasteiger charge is 2.14. The average Bonchev–Trinajstić information content (AvgIpc) is 2.41. The van der Waals surface area contributed by atoms with Crippen LogP contribution in [0.2, 0.25) is 5.02 Å². The van der Waals surface area contributed by atoms with Crippen molar-refractivity contribution in [1.82, 2.24) is 4.72 Å². The fraction of sp³-hybridized carbons (Fsp3) is 0.143. The summed E-state index contributed by atoms with van der Waals surface area (Å²) in [5.74, 6) is 0. The van der Waals surface area contributed by atoms with Crippen molar-refractivity contribution in [2.45, 2.75) is 18.4 Å². The van der Waals surface area contributed by atoms with Crippen LogP contribution in [0.4, 0.5) is 0 Å². The molecule has 0 aliphatic rings. The Morgan fingerprint density at radius 3 is 2.40 bits per heavy atom. The second-order valence-corrected chi connectivity index (χ2v) is 7.42. The Hall–Kier alpha value is -0.880. The Labute approximate surface area is 132 Å². The van der Waals surface area contributed by atoms with E-state index < -0.39 is 10.0 Å². The maximum Gasteiger partial charge on any atom is 0.240 e. The van der Waals surface area contributed by atoms with E-state index in [-0.39, 0.29) is 11.4 Å². The van der Waals surface area contributed by atoms with Crippen LogP contribution in [0, 0.1) is 6.92 Å². The molecule has 0 spiro atoms. The molecule has 0 bridgehead atoms. The van der Waals surface area contributed by atoms with Crippen LogP contribution in [0.5, 0.6) is 0 Å². The highest BCUT2D eigenvalue weighted by molar-refractivity contribution is 9.10. The SMILES string of the molecule is Cc1cc(S(=O)(=O)NCc2ccc(Cl)cc2)ccc1Br. The smallest absolute Gasteiger partial charge is 0.207 e. The van der Waals surface area contributed by atoms with Crippen molar-refractivity contribution in [2.75, 3.05) is 0 Å².